The molecule has 0 spiro atoms. The van der Waals surface area contributed by atoms with E-state index < -0.39 is 0 Å². The van der Waals surface area contributed by atoms with E-state index in [1.54, 1.807) is 30.3 Å². The lowest BCUT2D eigenvalue weighted by molar-refractivity contribution is -0.417. The van der Waals surface area contributed by atoms with Gasteiger partial charge in [-0.25, -0.2) is 4.39 Å². The number of carbonyl (C=O) groups excluding carboxylic acids is 1. The van der Waals surface area contributed by atoms with Crippen LogP contribution in [0.15, 0.2) is 59.4 Å². The SMILES string of the molecule is [Cl-].[NH3+][C@@H](CC(=O)Nc1cc2ccccc2[nH]c1=O)Cc1ccccc1F. The van der Waals surface area contributed by atoms with E-state index in [4.69, 9.17) is 0 Å². The summed E-state index contributed by atoms with van der Waals surface area (Å²) in [6.45, 7) is 0. The van der Waals surface area contributed by atoms with Gasteiger partial charge in [-0.15, -0.1) is 0 Å². The fourth-order valence-corrected chi connectivity index (χ4v) is 2.75. The van der Waals surface area contributed by atoms with E-state index in [0.717, 1.165) is 5.39 Å². The Morgan fingerprint density at radius 3 is 2.62 bits per heavy atom. The third kappa shape index (κ3) is 4.68. The number of carbonyl (C=O) groups is 1. The highest BCUT2D eigenvalue weighted by molar-refractivity contribution is 5.93. The number of pyridine rings is 1. The summed E-state index contributed by atoms with van der Waals surface area (Å²) < 4.78 is 13.7. The van der Waals surface area contributed by atoms with Crippen molar-refractivity contribution in [3.8, 4) is 0 Å². The van der Waals surface area contributed by atoms with Gasteiger partial charge < -0.3 is 28.4 Å². The second kappa shape index (κ2) is 8.60. The Hall–Kier alpha value is -2.70. The first kappa shape index (κ1) is 19.6. The topological polar surface area (TPSA) is 89.6 Å². The van der Waals surface area contributed by atoms with Gasteiger partial charge in [-0.2, -0.15) is 0 Å². The zero-order valence-corrected chi connectivity index (χ0v) is 14.7. The zero-order valence-electron chi connectivity index (χ0n) is 14.0. The molecule has 3 aromatic rings. The maximum absolute atomic E-state index is 13.7. The minimum absolute atomic E-state index is 0. The molecule has 2 aromatic carbocycles. The average Bonchev–Trinajstić information content (AvgIpc) is 2.57. The number of halogens is 2. The molecule has 0 bridgehead atoms. The van der Waals surface area contributed by atoms with Crippen LogP contribution in [0.4, 0.5) is 10.1 Å². The van der Waals surface area contributed by atoms with Crippen molar-refractivity contribution < 1.29 is 27.3 Å². The third-order valence-electron chi connectivity index (χ3n) is 3.97. The highest BCUT2D eigenvalue weighted by atomic mass is 35.5. The Kier molecular flexibility index (Phi) is 6.49. The Morgan fingerprint density at radius 2 is 1.85 bits per heavy atom. The van der Waals surface area contributed by atoms with Gasteiger partial charge in [0.15, 0.2) is 0 Å². The first-order valence-electron chi connectivity index (χ1n) is 8.01. The molecule has 0 aliphatic heterocycles. The van der Waals surface area contributed by atoms with E-state index in [2.05, 4.69) is 16.0 Å². The number of benzene rings is 2. The van der Waals surface area contributed by atoms with Gasteiger partial charge >= 0.3 is 0 Å². The number of H-pyrrole nitrogens is 1. The normalized spacial score (nSPS) is 11.6. The van der Waals surface area contributed by atoms with E-state index >= 15 is 0 Å². The van der Waals surface area contributed by atoms with Gasteiger partial charge in [-0.3, -0.25) is 9.59 Å². The summed E-state index contributed by atoms with van der Waals surface area (Å²) in [6, 6.07) is 15.1. The molecule has 1 amide bonds. The first-order valence-corrected chi connectivity index (χ1v) is 8.01. The molecule has 5 N–H and O–H groups in total. The molecule has 1 atom stereocenters. The van der Waals surface area contributed by atoms with Crippen molar-refractivity contribution in [2.75, 3.05) is 5.32 Å². The van der Waals surface area contributed by atoms with Crippen LogP contribution in [-0.4, -0.2) is 16.9 Å². The quantitative estimate of drug-likeness (QED) is 0.526. The lowest BCUT2D eigenvalue weighted by Gasteiger charge is -2.10. The van der Waals surface area contributed by atoms with Crippen molar-refractivity contribution in [1.29, 1.82) is 0 Å². The largest absolute Gasteiger partial charge is 1.00 e. The molecule has 0 saturated heterocycles. The number of aromatic amines is 1. The van der Waals surface area contributed by atoms with Gasteiger partial charge in [0.25, 0.3) is 5.56 Å². The van der Waals surface area contributed by atoms with Crippen LogP contribution in [0.2, 0.25) is 0 Å². The Bertz CT molecular complexity index is 974. The lowest BCUT2D eigenvalue weighted by Crippen LogP contribution is -3.00. The summed E-state index contributed by atoms with van der Waals surface area (Å²) >= 11 is 0. The average molecular weight is 376 g/mol. The molecule has 3 rings (SSSR count). The summed E-state index contributed by atoms with van der Waals surface area (Å²) in [5, 5.41) is 3.45. The van der Waals surface area contributed by atoms with Gasteiger partial charge in [0, 0.05) is 17.3 Å². The molecule has 7 heteroatoms. The Balaban J connectivity index is 0.00000243. The summed E-state index contributed by atoms with van der Waals surface area (Å²) in [7, 11) is 0. The second-order valence-corrected chi connectivity index (χ2v) is 6.01. The van der Waals surface area contributed by atoms with Gasteiger partial charge in [0.1, 0.15) is 11.5 Å². The molecule has 26 heavy (non-hydrogen) atoms. The van der Waals surface area contributed by atoms with E-state index in [1.165, 1.54) is 6.07 Å². The van der Waals surface area contributed by atoms with E-state index in [1.807, 2.05) is 18.2 Å². The molecule has 0 aliphatic rings. The molecule has 136 valence electrons. The summed E-state index contributed by atoms with van der Waals surface area (Å²) in [5.74, 6) is -0.625. The van der Waals surface area contributed by atoms with Gasteiger partial charge in [0.2, 0.25) is 5.91 Å². The molecule has 0 saturated carbocycles. The number of para-hydroxylation sites is 1. The molecular formula is C19H19ClFN3O2. The second-order valence-electron chi connectivity index (χ2n) is 6.01. The Morgan fingerprint density at radius 1 is 1.15 bits per heavy atom. The van der Waals surface area contributed by atoms with Crippen LogP contribution in [-0.2, 0) is 11.2 Å². The number of amides is 1. The lowest BCUT2D eigenvalue weighted by atomic mass is 10.0. The molecule has 0 fully saturated rings. The van der Waals surface area contributed by atoms with Gasteiger partial charge in [0.05, 0.1) is 12.5 Å². The van der Waals surface area contributed by atoms with Crippen molar-refractivity contribution in [3.05, 3.63) is 76.3 Å². The summed E-state index contributed by atoms with van der Waals surface area (Å²) in [4.78, 5) is 27.0. The molecule has 1 heterocycles. The number of nitrogens with one attached hydrogen (secondary N) is 2. The van der Waals surface area contributed by atoms with E-state index in [9.17, 15) is 14.0 Å². The van der Waals surface area contributed by atoms with Crippen molar-refractivity contribution in [1.82, 2.24) is 4.98 Å². The number of hydrogen-bond acceptors (Lipinski definition) is 2. The predicted octanol–water partition coefficient (Wildman–Crippen LogP) is -1.15. The summed E-state index contributed by atoms with van der Waals surface area (Å²) in [5.41, 5.74) is 4.99. The zero-order chi connectivity index (χ0) is 17.8. The van der Waals surface area contributed by atoms with Crippen LogP contribution < -0.4 is 29.0 Å². The van der Waals surface area contributed by atoms with E-state index in [-0.39, 0.29) is 47.8 Å². The standard InChI is InChI=1S/C19H18FN3O2.ClH/c20-15-7-3-1-5-12(15)9-14(21)11-18(24)22-17-10-13-6-2-4-8-16(13)23-19(17)25;/h1-8,10,14H,9,11,21H2,(H,22,24)(H,23,25);1H/t14-;/m1./s1. The maximum atomic E-state index is 13.7. The molecule has 1 aromatic heterocycles. The van der Waals surface area contributed by atoms with Crippen LogP contribution >= 0.6 is 0 Å². The number of quaternary nitrogens is 1. The number of fused-ring (bicyclic) bond motifs is 1. The van der Waals surface area contributed by atoms with Crippen LogP contribution in [0.1, 0.15) is 12.0 Å². The molecule has 0 radical (unpaired) electrons. The monoisotopic (exact) mass is 375 g/mol. The molecule has 0 aliphatic carbocycles. The van der Waals surface area contributed by atoms with Gasteiger partial charge in [-0.1, -0.05) is 36.4 Å². The first-order chi connectivity index (χ1) is 12.0. The predicted molar refractivity (Wildman–Crippen MR) is 94.6 cm³/mol. The third-order valence-corrected chi connectivity index (χ3v) is 3.97. The smallest absolute Gasteiger partial charge is 0.272 e. The number of aromatic nitrogens is 1. The van der Waals surface area contributed by atoms with Crippen molar-refractivity contribution in [2.24, 2.45) is 0 Å². The fraction of sp³-hybridized carbons (Fsp3) is 0.158. The van der Waals surface area contributed by atoms with Crippen LogP contribution in [0.5, 0.6) is 0 Å². The minimum atomic E-state index is -0.359. The molecular weight excluding hydrogens is 357 g/mol. The highest BCUT2D eigenvalue weighted by Gasteiger charge is 2.16. The summed E-state index contributed by atoms with van der Waals surface area (Å²) in [6.07, 6.45) is 0.453. The fourth-order valence-electron chi connectivity index (χ4n) is 2.75. The van der Waals surface area contributed by atoms with Crippen LogP contribution in [0.25, 0.3) is 10.9 Å². The number of rotatable bonds is 5. The van der Waals surface area contributed by atoms with Crippen molar-refractivity contribution in [2.45, 2.75) is 18.9 Å². The van der Waals surface area contributed by atoms with E-state index in [0.29, 0.717) is 17.5 Å². The number of hydrogen-bond donors (Lipinski definition) is 3. The molecule has 0 unspecified atom stereocenters. The van der Waals surface area contributed by atoms with Crippen LogP contribution in [0, 0.1) is 5.82 Å². The minimum Gasteiger partial charge on any atom is -1.00 e. The van der Waals surface area contributed by atoms with Gasteiger partial charge in [-0.05, 0) is 23.8 Å². The highest BCUT2D eigenvalue weighted by Crippen LogP contribution is 2.13. The molecule has 5 nitrogen and oxygen atoms in total. The number of anilines is 1. The van der Waals surface area contributed by atoms with Crippen molar-refractivity contribution >= 4 is 22.5 Å². The van der Waals surface area contributed by atoms with Crippen molar-refractivity contribution in [3.63, 3.8) is 0 Å². The Labute approximate surface area is 155 Å². The van der Waals surface area contributed by atoms with Crippen LogP contribution in [0.3, 0.4) is 0 Å². The maximum Gasteiger partial charge on any atom is 0.272 e.